The first-order valence-corrected chi connectivity index (χ1v) is 7.56. The van der Waals surface area contributed by atoms with Crippen molar-refractivity contribution in [1.82, 2.24) is 4.72 Å². The second-order valence-corrected chi connectivity index (χ2v) is 6.18. The Hall–Kier alpha value is -1.08. The van der Waals surface area contributed by atoms with Crippen LogP contribution in [0.15, 0.2) is 12.1 Å². The first-order chi connectivity index (χ1) is 8.76. The summed E-state index contributed by atoms with van der Waals surface area (Å²) < 4.78 is 64.4. The lowest BCUT2D eigenvalue weighted by Crippen LogP contribution is -2.29. The number of hydrogen-bond donors (Lipinski definition) is 1. The standard InChI is InChI=1S/C12H16F3NO2S/c1-3-4-5-19(17,18)16-8(2)9-6-10(13)12(15)11(14)7-9/h6-8,16H,3-5H2,1-2H3/t8-/m0/s1. The van der Waals surface area contributed by atoms with Crippen molar-refractivity contribution in [2.45, 2.75) is 32.7 Å². The monoisotopic (exact) mass is 295 g/mol. The molecular formula is C12H16F3NO2S. The highest BCUT2D eigenvalue weighted by atomic mass is 32.2. The SMILES string of the molecule is CCCCS(=O)(=O)N[C@@H](C)c1cc(F)c(F)c(F)c1. The molecule has 0 spiro atoms. The molecule has 0 radical (unpaired) electrons. The minimum Gasteiger partial charge on any atom is -0.212 e. The predicted octanol–water partition coefficient (Wildman–Crippen LogP) is 2.88. The molecule has 1 N–H and O–H groups in total. The molecule has 19 heavy (non-hydrogen) atoms. The van der Waals surface area contributed by atoms with Crippen LogP contribution in [0.3, 0.4) is 0 Å². The average Bonchev–Trinajstić information content (AvgIpc) is 2.32. The molecular weight excluding hydrogens is 279 g/mol. The Morgan fingerprint density at radius 2 is 1.74 bits per heavy atom. The molecule has 1 aromatic carbocycles. The van der Waals surface area contributed by atoms with E-state index >= 15 is 0 Å². The van der Waals surface area contributed by atoms with E-state index in [9.17, 15) is 21.6 Å². The quantitative estimate of drug-likeness (QED) is 0.820. The molecule has 7 heteroatoms. The molecule has 0 aliphatic carbocycles. The maximum absolute atomic E-state index is 13.0. The summed E-state index contributed by atoms with van der Waals surface area (Å²) in [6.07, 6.45) is 1.21. The van der Waals surface area contributed by atoms with Gasteiger partial charge in [-0.05, 0) is 31.0 Å². The fraction of sp³-hybridized carbons (Fsp3) is 0.500. The minimum absolute atomic E-state index is 0.0384. The van der Waals surface area contributed by atoms with Crippen molar-refractivity contribution in [3.05, 3.63) is 35.1 Å². The van der Waals surface area contributed by atoms with Gasteiger partial charge in [0.15, 0.2) is 17.5 Å². The Morgan fingerprint density at radius 3 is 2.21 bits per heavy atom. The van der Waals surface area contributed by atoms with E-state index in [2.05, 4.69) is 4.72 Å². The molecule has 1 rings (SSSR count). The summed E-state index contributed by atoms with van der Waals surface area (Å²) in [6.45, 7) is 3.29. The van der Waals surface area contributed by atoms with Crippen LogP contribution in [0.1, 0.15) is 38.3 Å². The average molecular weight is 295 g/mol. The van der Waals surface area contributed by atoms with E-state index in [1.807, 2.05) is 6.92 Å². The van der Waals surface area contributed by atoms with Gasteiger partial charge >= 0.3 is 0 Å². The van der Waals surface area contributed by atoms with Crippen LogP contribution in [0, 0.1) is 17.5 Å². The molecule has 0 amide bonds. The van der Waals surface area contributed by atoms with Crippen molar-refractivity contribution in [2.75, 3.05) is 5.75 Å². The zero-order valence-corrected chi connectivity index (χ0v) is 11.5. The summed E-state index contributed by atoms with van der Waals surface area (Å²) in [5.41, 5.74) is 0.0384. The van der Waals surface area contributed by atoms with Crippen LogP contribution in [0.25, 0.3) is 0 Å². The Labute approximate surface area is 110 Å². The van der Waals surface area contributed by atoms with Gasteiger partial charge in [-0.25, -0.2) is 26.3 Å². The van der Waals surface area contributed by atoms with Gasteiger partial charge in [0.2, 0.25) is 10.0 Å². The Bertz CT molecular complexity index is 523. The van der Waals surface area contributed by atoms with Crippen molar-refractivity contribution in [3.63, 3.8) is 0 Å². The molecule has 108 valence electrons. The molecule has 0 saturated heterocycles. The molecule has 1 atom stereocenters. The fourth-order valence-electron chi connectivity index (χ4n) is 1.56. The largest absolute Gasteiger partial charge is 0.212 e. The van der Waals surface area contributed by atoms with Crippen LogP contribution in [-0.4, -0.2) is 14.2 Å². The van der Waals surface area contributed by atoms with Gasteiger partial charge in [-0.15, -0.1) is 0 Å². The third kappa shape index (κ3) is 4.50. The topological polar surface area (TPSA) is 46.2 Å². The van der Waals surface area contributed by atoms with Crippen LogP contribution in [0.2, 0.25) is 0 Å². The number of unbranched alkanes of at least 4 members (excludes halogenated alkanes) is 1. The summed E-state index contributed by atoms with van der Waals surface area (Å²) in [6, 6.07) is 0.739. The summed E-state index contributed by atoms with van der Waals surface area (Å²) >= 11 is 0. The molecule has 0 fully saturated rings. The number of rotatable bonds is 6. The van der Waals surface area contributed by atoms with Gasteiger partial charge in [-0.3, -0.25) is 0 Å². The third-order valence-electron chi connectivity index (χ3n) is 2.63. The zero-order chi connectivity index (χ0) is 14.6. The minimum atomic E-state index is -3.52. The Morgan fingerprint density at radius 1 is 1.21 bits per heavy atom. The highest BCUT2D eigenvalue weighted by molar-refractivity contribution is 7.89. The highest BCUT2D eigenvalue weighted by Crippen LogP contribution is 2.19. The summed E-state index contributed by atoms with van der Waals surface area (Å²) in [7, 11) is -3.52. The Balaban J connectivity index is 2.87. The van der Waals surface area contributed by atoms with E-state index in [-0.39, 0.29) is 11.3 Å². The van der Waals surface area contributed by atoms with Gasteiger partial charge < -0.3 is 0 Å². The molecule has 0 aliphatic rings. The van der Waals surface area contributed by atoms with Crippen molar-refractivity contribution >= 4 is 10.0 Å². The summed E-state index contributed by atoms with van der Waals surface area (Å²) in [4.78, 5) is 0. The normalized spacial score (nSPS) is 13.5. The molecule has 3 nitrogen and oxygen atoms in total. The van der Waals surface area contributed by atoms with Crippen LogP contribution < -0.4 is 4.72 Å². The number of nitrogens with one attached hydrogen (secondary N) is 1. The number of benzene rings is 1. The first kappa shape index (κ1) is 16.0. The predicted molar refractivity (Wildman–Crippen MR) is 66.6 cm³/mol. The third-order valence-corrected chi connectivity index (χ3v) is 4.17. The van der Waals surface area contributed by atoms with E-state index < -0.39 is 33.5 Å². The number of halogens is 3. The van der Waals surface area contributed by atoms with E-state index in [1.165, 1.54) is 6.92 Å². The number of hydrogen-bond acceptors (Lipinski definition) is 2. The van der Waals surface area contributed by atoms with Crippen molar-refractivity contribution in [1.29, 1.82) is 0 Å². The van der Waals surface area contributed by atoms with Gasteiger partial charge in [0.1, 0.15) is 0 Å². The van der Waals surface area contributed by atoms with E-state index in [0.717, 1.165) is 18.6 Å². The van der Waals surface area contributed by atoms with Gasteiger partial charge in [-0.1, -0.05) is 13.3 Å². The molecule has 1 aromatic rings. The van der Waals surface area contributed by atoms with Crippen molar-refractivity contribution < 1.29 is 21.6 Å². The molecule has 0 heterocycles. The lowest BCUT2D eigenvalue weighted by atomic mass is 10.1. The maximum atomic E-state index is 13.0. The molecule has 0 bridgehead atoms. The van der Waals surface area contributed by atoms with Crippen LogP contribution in [0.5, 0.6) is 0 Å². The second kappa shape index (κ2) is 6.38. The maximum Gasteiger partial charge on any atom is 0.212 e. The van der Waals surface area contributed by atoms with Gasteiger partial charge in [0.05, 0.1) is 5.75 Å². The van der Waals surface area contributed by atoms with Gasteiger partial charge in [0.25, 0.3) is 0 Å². The molecule has 0 aromatic heterocycles. The lowest BCUT2D eigenvalue weighted by Gasteiger charge is -2.15. The van der Waals surface area contributed by atoms with Crippen LogP contribution in [0.4, 0.5) is 13.2 Å². The van der Waals surface area contributed by atoms with E-state index in [4.69, 9.17) is 0 Å². The summed E-state index contributed by atoms with van der Waals surface area (Å²) in [5.74, 6) is -4.30. The fourth-order valence-corrected chi connectivity index (χ4v) is 3.02. The van der Waals surface area contributed by atoms with Crippen molar-refractivity contribution in [2.24, 2.45) is 0 Å². The second-order valence-electron chi connectivity index (χ2n) is 4.31. The van der Waals surface area contributed by atoms with Gasteiger partial charge in [0, 0.05) is 6.04 Å². The highest BCUT2D eigenvalue weighted by Gasteiger charge is 2.18. The van der Waals surface area contributed by atoms with Crippen LogP contribution >= 0.6 is 0 Å². The number of sulfonamides is 1. The van der Waals surface area contributed by atoms with E-state index in [1.54, 1.807) is 0 Å². The molecule has 0 unspecified atom stereocenters. The first-order valence-electron chi connectivity index (χ1n) is 5.91. The van der Waals surface area contributed by atoms with Crippen LogP contribution in [-0.2, 0) is 10.0 Å². The van der Waals surface area contributed by atoms with E-state index in [0.29, 0.717) is 6.42 Å². The lowest BCUT2D eigenvalue weighted by molar-refractivity contribution is 0.443. The zero-order valence-electron chi connectivity index (χ0n) is 10.7. The summed E-state index contributed by atoms with van der Waals surface area (Å²) in [5, 5.41) is 0. The smallest absolute Gasteiger partial charge is 0.212 e. The van der Waals surface area contributed by atoms with Gasteiger partial charge in [-0.2, -0.15) is 0 Å². The Kier molecular flexibility index (Phi) is 5.37. The molecule has 0 saturated carbocycles. The molecule has 0 aliphatic heterocycles. The van der Waals surface area contributed by atoms with Crippen molar-refractivity contribution in [3.8, 4) is 0 Å².